The van der Waals surface area contributed by atoms with Crippen LogP contribution in [-0.4, -0.2) is 20.0 Å². The molecular weight excluding hydrogens is 392 g/mol. The van der Waals surface area contributed by atoms with Crippen molar-refractivity contribution in [2.45, 2.75) is 0 Å². The lowest BCUT2D eigenvalue weighted by atomic mass is 10.0. The normalized spacial score (nSPS) is 11.5. The molecule has 0 aliphatic carbocycles. The van der Waals surface area contributed by atoms with Gasteiger partial charge in [0.25, 0.3) is 5.56 Å². The highest BCUT2D eigenvalue weighted by molar-refractivity contribution is 6.07. The molecular formula is C24H14N4O3. The molecule has 0 spiro atoms. The maximum absolute atomic E-state index is 12.8. The van der Waals surface area contributed by atoms with Crippen molar-refractivity contribution < 1.29 is 4.42 Å². The summed E-state index contributed by atoms with van der Waals surface area (Å²) in [6.07, 6.45) is 1.70. The molecule has 0 saturated carbocycles. The smallest absolute Gasteiger partial charge is 0.345 e. The van der Waals surface area contributed by atoms with Gasteiger partial charge in [-0.2, -0.15) is 10.2 Å². The molecule has 7 heteroatoms. The summed E-state index contributed by atoms with van der Waals surface area (Å²) in [7, 11) is 0. The van der Waals surface area contributed by atoms with Crippen molar-refractivity contribution in [1.82, 2.24) is 20.0 Å². The van der Waals surface area contributed by atoms with Gasteiger partial charge in [-0.05, 0) is 35.0 Å². The van der Waals surface area contributed by atoms with Gasteiger partial charge in [-0.25, -0.2) is 14.6 Å². The Labute approximate surface area is 174 Å². The van der Waals surface area contributed by atoms with Crippen LogP contribution in [0.15, 0.2) is 93.0 Å². The highest BCUT2D eigenvalue weighted by atomic mass is 16.4. The molecule has 3 heterocycles. The molecule has 3 aromatic heterocycles. The topological polar surface area (TPSA) is 93.8 Å². The second kappa shape index (κ2) is 6.50. The predicted molar refractivity (Wildman–Crippen MR) is 118 cm³/mol. The largest absolute Gasteiger partial charge is 0.422 e. The van der Waals surface area contributed by atoms with Crippen LogP contribution in [0.4, 0.5) is 0 Å². The third-order valence-electron chi connectivity index (χ3n) is 5.37. The number of aromatic nitrogens is 4. The number of fused-ring (bicyclic) bond motifs is 4. The monoisotopic (exact) mass is 406 g/mol. The zero-order valence-electron chi connectivity index (χ0n) is 16.1. The van der Waals surface area contributed by atoms with Gasteiger partial charge in [0.1, 0.15) is 11.3 Å². The summed E-state index contributed by atoms with van der Waals surface area (Å²) < 4.78 is 7.21. The van der Waals surface area contributed by atoms with Gasteiger partial charge in [0.2, 0.25) is 0 Å². The van der Waals surface area contributed by atoms with E-state index in [9.17, 15) is 9.59 Å². The molecule has 0 radical (unpaired) electrons. The van der Waals surface area contributed by atoms with Gasteiger partial charge in [-0.15, -0.1) is 0 Å². The number of aromatic amines is 1. The number of hydrogen-bond acceptors (Lipinski definition) is 5. The highest BCUT2D eigenvalue weighted by Gasteiger charge is 2.18. The van der Waals surface area contributed by atoms with E-state index >= 15 is 0 Å². The van der Waals surface area contributed by atoms with E-state index in [1.54, 1.807) is 23.0 Å². The Morgan fingerprint density at radius 2 is 1.65 bits per heavy atom. The standard InChI is InChI=1S/C24H14N4O3/c29-23-22-19(13-28(27-22)15-7-2-1-3-8-15)21(25-26-23)18-12-17-16-9-5-4-6-14(16)10-11-20(17)31-24(18)30/h1-13H,(H,26,29). The maximum atomic E-state index is 12.8. The van der Waals surface area contributed by atoms with Gasteiger partial charge in [0.05, 0.1) is 16.6 Å². The summed E-state index contributed by atoms with van der Waals surface area (Å²) in [5.41, 5.74) is 1.11. The van der Waals surface area contributed by atoms with Gasteiger partial charge in [0.15, 0.2) is 5.52 Å². The van der Waals surface area contributed by atoms with Gasteiger partial charge in [-0.3, -0.25) is 4.79 Å². The van der Waals surface area contributed by atoms with Crippen LogP contribution in [0.3, 0.4) is 0 Å². The fraction of sp³-hybridized carbons (Fsp3) is 0. The molecule has 0 aliphatic heterocycles. The molecule has 31 heavy (non-hydrogen) atoms. The Morgan fingerprint density at radius 3 is 2.52 bits per heavy atom. The zero-order chi connectivity index (χ0) is 20.9. The third kappa shape index (κ3) is 2.67. The molecule has 148 valence electrons. The number of hydrogen-bond donors (Lipinski definition) is 1. The van der Waals surface area contributed by atoms with E-state index in [4.69, 9.17) is 4.42 Å². The van der Waals surface area contributed by atoms with Gasteiger partial charge < -0.3 is 4.42 Å². The quantitative estimate of drug-likeness (QED) is 0.346. The number of rotatable bonds is 2. The lowest BCUT2D eigenvalue weighted by molar-refractivity contribution is 0.563. The minimum atomic E-state index is -0.531. The fourth-order valence-electron chi connectivity index (χ4n) is 3.89. The molecule has 6 aromatic rings. The summed E-state index contributed by atoms with van der Waals surface area (Å²) in [6.45, 7) is 0. The Balaban J connectivity index is 1.66. The third-order valence-corrected chi connectivity index (χ3v) is 5.37. The number of H-pyrrole nitrogens is 1. The van der Waals surface area contributed by atoms with Crippen molar-refractivity contribution >= 4 is 32.6 Å². The van der Waals surface area contributed by atoms with Crippen LogP contribution in [0, 0.1) is 0 Å². The Kier molecular flexibility index (Phi) is 3.64. The molecule has 0 saturated heterocycles. The molecule has 0 amide bonds. The van der Waals surface area contributed by atoms with Gasteiger partial charge in [0, 0.05) is 11.6 Å². The first kappa shape index (κ1) is 17.3. The number of benzene rings is 3. The van der Waals surface area contributed by atoms with Crippen molar-refractivity contribution in [3.05, 3.63) is 99.8 Å². The Bertz CT molecular complexity index is 1730. The summed E-state index contributed by atoms with van der Waals surface area (Å²) in [5, 5.41) is 14.3. The first-order chi connectivity index (χ1) is 15.2. The Morgan fingerprint density at radius 1 is 0.839 bits per heavy atom. The van der Waals surface area contributed by atoms with Gasteiger partial charge in [-0.1, -0.05) is 48.5 Å². The fourth-order valence-corrected chi connectivity index (χ4v) is 3.89. The number of nitrogens with zero attached hydrogens (tertiary/aromatic N) is 3. The van der Waals surface area contributed by atoms with Crippen LogP contribution in [-0.2, 0) is 0 Å². The molecule has 1 N–H and O–H groups in total. The van der Waals surface area contributed by atoms with Crippen LogP contribution in [0.25, 0.3) is 49.6 Å². The molecule has 0 atom stereocenters. The lowest BCUT2D eigenvalue weighted by Crippen LogP contribution is -2.12. The predicted octanol–water partition coefficient (Wildman–Crippen LogP) is 4.04. The van der Waals surface area contributed by atoms with Crippen molar-refractivity contribution in [3.8, 4) is 16.9 Å². The van der Waals surface area contributed by atoms with Crippen LogP contribution < -0.4 is 11.2 Å². The molecule has 7 nitrogen and oxygen atoms in total. The second-order valence-electron chi connectivity index (χ2n) is 7.22. The van der Waals surface area contributed by atoms with Crippen LogP contribution in [0.1, 0.15) is 0 Å². The first-order valence-electron chi connectivity index (χ1n) is 9.68. The maximum Gasteiger partial charge on any atom is 0.345 e. The van der Waals surface area contributed by atoms with E-state index in [0.717, 1.165) is 21.8 Å². The molecule has 0 unspecified atom stereocenters. The minimum absolute atomic E-state index is 0.200. The van der Waals surface area contributed by atoms with E-state index in [1.807, 2.05) is 60.7 Å². The van der Waals surface area contributed by atoms with Crippen LogP contribution in [0.2, 0.25) is 0 Å². The zero-order valence-corrected chi connectivity index (χ0v) is 16.1. The molecule has 6 rings (SSSR count). The number of para-hydroxylation sites is 1. The van der Waals surface area contributed by atoms with Crippen LogP contribution in [0.5, 0.6) is 0 Å². The second-order valence-corrected chi connectivity index (χ2v) is 7.22. The summed E-state index contributed by atoms with van der Waals surface area (Å²) in [5.74, 6) is 0. The first-order valence-corrected chi connectivity index (χ1v) is 9.68. The molecule has 0 bridgehead atoms. The van der Waals surface area contributed by atoms with Crippen molar-refractivity contribution in [2.75, 3.05) is 0 Å². The molecule has 3 aromatic carbocycles. The lowest BCUT2D eigenvalue weighted by Gasteiger charge is -2.05. The van der Waals surface area contributed by atoms with E-state index in [0.29, 0.717) is 16.7 Å². The highest BCUT2D eigenvalue weighted by Crippen LogP contribution is 2.29. The van der Waals surface area contributed by atoms with E-state index in [2.05, 4.69) is 15.3 Å². The molecule has 0 fully saturated rings. The van der Waals surface area contributed by atoms with E-state index in [1.165, 1.54) is 0 Å². The van der Waals surface area contributed by atoms with E-state index < -0.39 is 11.2 Å². The van der Waals surface area contributed by atoms with Crippen molar-refractivity contribution in [2.24, 2.45) is 0 Å². The van der Waals surface area contributed by atoms with Gasteiger partial charge >= 0.3 is 5.63 Å². The number of nitrogens with one attached hydrogen (secondary N) is 1. The Hall–Kier alpha value is -4.52. The average molecular weight is 406 g/mol. The summed E-state index contributed by atoms with van der Waals surface area (Å²) in [6, 6.07) is 22.8. The molecule has 0 aliphatic rings. The SMILES string of the molecule is O=c1oc2ccc3ccccc3c2cc1-c1n[nH]c(=O)c2nn(-c3ccccc3)cc12. The minimum Gasteiger partial charge on any atom is -0.422 e. The van der Waals surface area contributed by atoms with Crippen LogP contribution >= 0.6 is 0 Å². The van der Waals surface area contributed by atoms with E-state index in [-0.39, 0.29) is 11.1 Å². The van der Waals surface area contributed by atoms with Crippen molar-refractivity contribution in [1.29, 1.82) is 0 Å². The summed E-state index contributed by atoms with van der Waals surface area (Å²) >= 11 is 0. The van der Waals surface area contributed by atoms with Crippen molar-refractivity contribution in [3.63, 3.8) is 0 Å². The average Bonchev–Trinajstić information content (AvgIpc) is 3.26. The summed E-state index contributed by atoms with van der Waals surface area (Å²) in [4.78, 5) is 25.2.